The van der Waals surface area contributed by atoms with Gasteiger partial charge in [-0.3, -0.25) is 4.79 Å². The van der Waals surface area contributed by atoms with Gasteiger partial charge in [-0.2, -0.15) is 0 Å². The number of amides is 1. The van der Waals surface area contributed by atoms with Crippen molar-refractivity contribution in [3.05, 3.63) is 76.2 Å². The first-order valence-electron chi connectivity index (χ1n) is 14.2. The predicted molar refractivity (Wildman–Crippen MR) is 119 cm³/mol. The van der Waals surface area contributed by atoms with Gasteiger partial charge in [-0.15, -0.1) is 11.3 Å². The van der Waals surface area contributed by atoms with Gasteiger partial charge in [0.05, 0.1) is 25.0 Å². The Bertz CT molecular complexity index is 1400. The highest BCUT2D eigenvalue weighted by Crippen LogP contribution is 2.21. The Hall–Kier alpha value is -2.70. The van der Waals surface area contributed by atoms with Crippen molar-refractivity contribution in [3.8, 4) is 0 Å². The maximum atomic E-state index is 12.5. The average molecular weight is 421 g/mol. The number of carbonyl (C=O) groups excluding carboxylic acids is 1. The normalized spacial score (nSPS) is 20.0. The van der Waals surface area contributed by atoms with Crippen molar-refractivity contribution in [1.29, 1.82) is 0 Å². The van der Waals surface area contributed by atoms with Crippen molar-refractivity contribution in [2.24, 2.45) is 0 Å². The van der Waals surface area contributed by atoms with E-state index in [0.29, 0.717) is 0 Å². The van der Waals surface area contributed by atoms with Gasteiger partial charge in [-0.25, -0.2) is 4.98 Å². The molecule has 0 radical (unpaired) electrons. The molecule has 0 fully saturated rings. The Balaban J connectivity index is 1.76. The molecule has 4 N–H and O–H groups in total. The Morgan fingerprint density at radius 3 is 2.69 bits per heavy atom. The number of aryl methyl sites for hydroxylation is 1. The van der Waals surface area contributed by atoms with Crippen molar-refractivity contribution in [2.75, 3.05) is 11.1 Å². The van der Waals surface area contributed by atoms with E-state index in [-0.39, 0.29) is 27.6 Å². The highest BCUT2D eigenvalue weighted by atomic mass is 32.1. The molecule has 6 heteroatoms. The molecule has 0 bridgehead atoms. The molecular weight excluding hydrogens is 382 g/mol. The Morgan fingerprint density at radius 2 is 2.03 bits per heavy atom. The second-order valence-corrected chi connectivity index (χ2v) is 6.82. The highest BCUT2D eigenvalue weighted by Gasteiger charge is 2.08. The summed E-state index contributed by atoms with van der Waals surface area (Å²) in [6.45, 7) is 1.33. The first-order chi connectivity index (χ1) is 18.2. The number of carbonyl (C=O) groups is 1. The fourth-order valence-electron chi connectivity index (χ4n) is 2.26. The van der Waals surface area contributed by atoms with Crippen LogP contribution in [-0.4, -0.2) is 16.0 Å². The van der Waals surface area contributed by atoms with Crippen molar-refractivity contribution in [1.82, 2.24) is 4.98 Å². The number of anilines is 2. The van der Waals surface area contributed by atoms with E-state index >= 15 is 0 Å². The zero-order valence-electron chi connectivity index (χ0n) is 26.6. The largest absolute Gasteiger partial charge is 0.388 e. The van der Waals surface area contributed by atoms with Crippen molar-refractivity contribution >= 4 is 28.1 Å². The number of thiazole rings is 1. The number of aliphatic hydroxyl groups is 1. The fourth-order valence-corrected chi connectivity index (χ4v) is 2.76. The number of aromatic nitrogens is 1. The fraction of sp³-hybridized carbons (Fsp3) is 0.304. The first kappa shape index (κ1) is 10.9. The van der Waals surface area contributed by atoms with E-state index in [0.717, 1.165) is 11.3 Å². The molecule has 2 aromatic carbocycles. The van der Waals surface area contributed by atoms with Gasteiger partial charge in [0.2, 0.25) is 5.91 Å². The molecule has 0 saturated heterocycles. The quantitative estimate of drug-likeness (QED) is 0.470. The molecule has 5 nitrogen and oxygen atoms in total. The molecule has 0 unspecified atom stereocenters. The molecule has 0 aliphatic carbocycles. The van der Waals surface area contributed by atoms with Crippen molar-refractivity contribution in [3.63, 3.8) is 0 Å². The lowest BCUT2D eigenvalue weighted by atomic mass is 10.0. The van der Waals surface area contributed by atoms with Gasteiger partial charge in [0.25, 0.3) is 0 Å². The van der Waals surface area contributed by atoms with E-state index in [1.165, 1.54) is 36.6 Å². The van der Waals surface area contributed by atoms with Gasteiger partial charge in [0.15, 0.2) is 5.13 Å². The Morgan fingerprint density at radius 1 is 1.31 bits per heavy atom. The molecule has 29 heavy (non-hydrogen) atoms. The smallest absolute Gasteiger partial charge is 0.230 e. The van der Waals surface area contributed by atoms with E-state index in [2.05, 4.69) is 10.3 Å². The third kappa shape index (κ3) is 6.69. The first-order valence-corrected chi connectivity index (χ1v) is 9.55. The minimum atomic E-state index is -3.22. The highest BCUT2D eigenvalue weighted by molar-refractivity contribution is 7.13. The molecule has 3 aromatic rings. The van der Waals surface area contributed by atoms with Gasteiger partial charge >= 0.3 is 0 Å². The summed E-state index contributed by atoms with van der Waals surface area (Å²) in [6.07, 6.45) is -12.0. The summed E-state index contributed by atoms with van der Waals surface area (Å²) in [4.78, 5) is 16.3. The SMILES string of the molecule is [2H]c1c([2H])c([C@@]([2H])(O)C([2H])([2H])CCC([2H])([2H])c2ccc(NC(=O)C([2H])([2H])c3csc(N)n3)cc2)c([2H])c([2H])c1C. The molecule has 0 aliphatic rings. The van der Waals surface area contributed by atoms with E-state index in [1.54, 1.807) is 0 Å². The number of hydrogen-bond donors (Lipinski definition) is 3. The number of nitrogens with two attached hydrogens (primary N) is 1. The molecule has 1 amide bonds. The topological polar surface area (TPSA) is 88.2 Å². The monoisotopic (exact) mass is 420 g/mol. The number of benzene rings is 2. The van der Waals surface area contributed by atoms with E-state index in [4.69, 9.17) is 20.8 Å². The van der Waals surface area contributed by atoms with Gasteiger partial charge in [-0.05, 0) is 49.4 Å². The summed E-state index contributed by atoms with van der Waals surface area (Å²) < 4.78 is 89.9. The van der Waals surface area contributed by atoms with Gasteiger partial charge in [0, 0.05) is 19.3 Å². The Labute approximate surface area is 191 Å². The number of nitrogens with zero attached hydrogens (tertiary/aromatic N) is 1. The summed E-state index contributed by atoms with van der Waals surface area (Å²) in [6, 6.07) is 2.79. The maximum absolute atomic E-state index is 12.5. The van der Waals surface area contributed by atoms with Crippen LogP contribution in [-0.2, 0) is 17.5 Å². The van der Waals surface area contributed by atoms with Crippen molar-refractivity contribution in [2.45, 2.75) is 45.0 Å². The second-order valence-electron chi connectivity index (χ2n) is 5.93. The molecule has 1 heterocycles. The summed E-state index contributed by atoms with van der Waals surface area (Å²) in [5.74, 6) is -1.01. The Kier molecular flexibility index (Phi) is 3.83. The molecule has 3 rings (SSSR count). The van der Waals surface area contributed by atoms with Crippen LogP contribution in [0.2, 0.25) is 0 Å². The zero-order valence-corrected chi connectivity index (χ0v) is 16.4. The number of rotatable bonds is 9. The van der Waals surface area contributed by atoms with Crippen LogP contribution < -0.4 is 11.1 Å². The summed E-state index contributed by atoms with van der Waals surface area (Å²) in [7, 11) is 0. The molecule has 1 aromatic heterocycles. The predicted octanol–water partition coefficient (Wildman–Crippen LogP) is 4.66. The molecular formula is C23H27N3O2S. The van der Waals surface area contributed by atoms with Crippen LogP contribution in [0, 0.1) is 6.92 Å². The minimum absolute atomic E-state index is 0.0185. The number of nitrogen functional groups attached to an aromatic ring is 1. The molecule has 152 valence electrons. The standard InChI is InChI=1S/C23H27N3O2S/c1-16-6-10-18(11-7-16)21(27)5-3-2-4-17-8-12-19(13-9-17)25-22(28)14-20-15-29-23(24)26-20/h6-13,15,21,27H,2-5,14H2,1H3,(H2,24,26)(H,25,28)/t21-/m0/s1/i4D2,5D2,6D,7D,10D,11D,14D2,21D. The minimum Gasteiger partial charge on any atom is -0.388 e. The van der Waals surface area contributed by atoms with Gasteiger partial charge < -0.3 is 16.2 Å². The lowest BCUT2D eigenvalue weighted by molar-refractivity contribution is -0.115. The zero-order chi connectivity index (χ0) is 30.4. The van der Waals surface area contributed by atoms with Crippen molar-refractivity contribution < 1.29 is 25.0 Å². The second kappa shape index (κ2) is 10.2. The maximum Gasteiger partial charge on any atom is 0.230 e. The summed E-state index contributed by atoms with van der Waals surface area (Å²) in [5, 5.41) is 14.7. The average Bonchev–Trinajstić information content (AvgIpc) is 3.32. The molecule has 0 saturated carbocycles. The van der Waals surface area contributed by atoms with Crippen LogP contribution in [0.5, 0.6) is 0 Å². The molecule has 1 atom stereocenters. The van der Waals surface area contributed by atoms with Crippen LogP contribution in [0.15, 0.2) is 53.8 Å². The van der Waals surface area contributed by atoms with Crippen LogP contribution in [0.1, 0.15) is 62.8 Å². The summed E-state index contributed by atoms with van der Waals surface area (Å²) >= 11 is 0.985. The van der Waals surface area contributed by atoms with Gasteiger partial charge in [-0.1, -0.05) is 48.3 Å². The van der Waals surface area contributed by atoms with E-state index in [9.17, 15) is 9.90 Å². The number of hydrogen-bond acceptors (Lipinski definition) is 5. The van der Waals surface area contributed by atoms with E-state index in [1.807, 2.05) is 0 Å². The molecule has 0 aliphatic heterocycles. The van der Waals surface area contributed by atoms with Crippen LogP contribution in [0.4, 0.5) is 10.8 Å². The van der Waals surface area contributed by atoms with Crippen LogP contribution in [0.25, 0.3) is 0 Å². The summed E-state index contributed by atoms with van der Waals surface area (Å²) in [5.41, 5.74) is 4.75. The lowest BCUT2D eigenvalue weighted by Gasteiger charge is -2.11. The lowest BCUT2D eigenvalue weighted by Crippen LogP contribution is -2.14. The number of nitrogens with one attached hydrogen (secondary N) is 1. The van der Waals surface area contributed by atoms with Crippen LogP contribution >= 0.6 is 11.3 Å². The third-order valence-electron chi connectivity index (χ3n) is 3.64. The van der Waals surface area contributed by atoms with E-state index < -0.39 is 73.7 Å². The van der Waals surface area contributed by atoms with Crippen LogP contribution in [0.3, 0.4) is 0 Å². The third-order valence-corrected chi connectivity index (χ3v) is 4.31. The van der Waals surface area contributed by atoms with Gasteiger partial charge in [0.1, 0.15) is 0 Å². The molecule has 0 spiro atoms.